The Labute approximate surface area is 115 Å². The van der Waals surface area contributed by atoms with Gasteiger partial charge in [-0.2, -0.15) is 13.2 Å². The second-order valence-corrected chi connectivity index (χ2v) is 6.29. The summed E-state index contributed by atoms with van der Waals surface area (Å²) in [6.07, 6.45) is -1.36. The molecule has 2 rings (SSSR count). The summed E-state index contributed by atoms with van der Waals surface area (Å²) < 4.78 is 39.1. The summed E-state index contributed by atoms with van der Waals surface area (Å²) in [5, 5.41) is 2.75. The molecule has 2 nitrogen and oxygen atoms in total. The summed E-state index contributed by atoms with van der Waals surface area (Å²) in [4.78, 5) is 4.29. The van der Waals surface area contributed by atoms with Crippen LogP contribution in [-0.4, -0.2) is 17.2 Å². The molecule has 19 heavy (non-hydrogen) atoms. The van der Waals surface area contributed by atoms with E-state index >= 15 is 0 Å². The number of nitrogens with zero attached hydrogens (tertiary/aromatic N) is 1. The third-order valence-electron chi connectivity index (χ3n) is 3.87. The highest BCUT2D eigenvalue weighted by Crippen LogP contribution is 2.43. The van der Waals surface area contributed by atoms with Crippen LogP contribution < -0.4 is 5.73 Å². The van der Waals surface area contributed by atoms with E-state index in [1.54, 1.807) is 0 Å². The van der Waals surface area contributed by atoms with Crippen molar-refractivity contribution in [1.82, 2.24) is 4.98 Å². The van der Waals surface area contributed by atoms with Crippen molar-refractivity contribution >= 4 is 11.3 Å². The van der Waals surface area contributed by atoms with Gasteiger partial charge in [-0.05, 0) is 25.7 Å². The van der Waals surface area contributed by atoms with Crippen LogP contribution in [0.2, 0.25) is 0 Å². The van der Waals surface area contributed by atoms with Crippen molar-refractivity contribution in [2.75, 3.05) is 0 Å². The molecule has 1 fully saturated rings. The zero-order chi connectivity index (χ0) is 14.0. The predicted molar refractivity (Wildman–Crippen MR) is 70.0 cm³/mol. The van der Waals surface area contributed by atoms with Crippen molar-refractivity contribution in [2.24, 2.45) is 17.6 Å². The molecular formula is C13H19F3N2S. The number of nitrogens with two attached hydrogens (primary N) is 1. The third-order valence-corrected chi connectivity index (χ3v) is 4.86. The second-order valence-electron chi connectivity index (χ2n) is 5.35. The van der Waals surface area contributed by atoms with Gasteiger partial charge < -0.3 is 5.73 Å². The van der Waals surface area contributed by atoms with Crippen molar-refractivity contribution in [1.29, 1.82) is 0 Å². The molecule has 0 aliphatic heterocycles. The van der Waals surface area contributed by atoms with Crippen LogP contribution in [0.1, 0.15) is 36.4 Å². The van der Waals surface area contributed by atoms with Crippen LogP contribution in [0.15, 0.2) is 5.38 Å². The van der Waals surface area contributed by atoms with E-state index in [-0.39, 0.29) is 6.42 Å². The molecule has 108 valence electrons. The molecule has 0 spiro atoms. The SMILES string of the molecule is Cc1csc(CC(N)C2CCCCC2C(F)(F)F)n1. The van der Waals surface area contributed by atoms with Gasteiger partial charge in [0.05, 0.1) is 10.9 Å². The van der Waals surface area contributed by atoms with Crippen LogP contribution in [0.4, 0.5) is 13.2 Å². The van der Waals surface area contributed by atoms with Crippen LogP contribution in [0, 0.1) is 18.8 Å². The lowest BCUT2D eigenvalue weighted by Gasteiger charge is -2.36. The Kier molecular flexibility index (Phi) is 4.50. The van der Waals surface area contributed by atoms with Gasteiger partial charge in [0.25, 0.3) is 0 Å². The maximum absolute atomic E-state index is 13.0. The summed E-state index contributed by atoms with van der Waals surface area (Å²) in [5.41, 5.74) is 6.95. The molecule has 1 aliphatic rings. The highest BCUT2D eigenvalue weighted by molar-refractivity contribution is 7.09. The third kappa shape index (κ3) is 3.69. The van der Waals surface area contributed by atoms with Crippen molar-refractivity contribution in [2.45, 2.75) is 51.2 Å². The van der Waals surface area contributed by atoms with Crippen molar-refractivity contribution in [3.8, 4) is 0 Å². The average molecular weight is 292 g/mol. The van der Waals surface area contributed by atoms with Gasteiger partial charge in [0, 0.05) is 23.5 Å². The number of hydrogen-bond donors (Lipinski definition) is 1. The Morgan fingerprint density at radius 3 is 2.68 bits per heavy atom. The highest BCUT2D eigenvalue weighted by Gasteiger charge is 2.47. The summed E-state index contributed by atoms with van der Waals surface area (Å²) >= 11 is 1.48. The molecule has 1 heterocycles. The molecule has 2 N–H and O–H groups in total. The molecule has 1 aliphatic carbocycles. The molecule has 0 saturated heterocycles. The predicted octanol–water partition coefficient (Wildman–Crippen LogP) is 3.69. The minimum Gasteiger partial charge on any atom is -0.327 e. The molecule has 1 aromatic rings. The first-order valence-corrected chi connectivity index (χ1v) is 7.49. The smallest absolute Gasteiger partial charge is 0.327 e. The molecule has 0 bridgehead atoms. The fourth-order valence-corrected chi connectivity index (χ4v) is 3.77. The summed E-state index contributed by atoms with van der Waals surface area (Å²) in [7, 11) is 0. The largest absolute Gasteiger partial charge is 0.392 e. The number of hydrogen-bond acceptors (Lipinski definition) is 3. The first-order chi connectivity index (χ1) is 8.88. The standard InChI is InChI=1S/C13H19F3N2S/c1-8-7-19-12(18-8)6-11(17)9-4-2-3-5-10(9)13(14,15)16/h7,9-11H,2-6,17H2,1H3. The fourth-order valence-electron chi connectivity index (χ4n) is 2.93. The fraction of sp³-hybridized carbons (Fsp3) is 0.769. The van der Waals surface area contributed by atoms with Gasteiger partial charge in [-0.15, -0.1) is 11.3 Å². The number of thiazole rings is 1. The van der Waals surface area contributed by atoms with Gasteiger partial charge in [-0.1, -0.05) is 12.8 Å². The molecule has 3 unspecified atom stereocenters. The lowest BCUT2D eigenvalue weighted by atomic mass is 9.74. The Balaban J connectivity index is 2.05. The van der Waals surface area contributed by atoms with E-state index in [4.69, 9.17) is 5.73 Å². The lowest BCUT2D eigenvalue weighted by Crippen LogP contribution is -2.44. The summed E-state index contributed by atoms with van der Waals surface area (Å²) in [5.74, 6) is -1.70. The summed E-state index contributed by atoms with van der Waals surface area (Å²) in [6, 6.07) is -0.447. The topological polar surface area (TPSA) is 38.9 Å². The van der Waals surface area contributed by atoms with Gasteiger partial charge >= 0.3 is 6.18 Å². The quantitative estimate of drug-likeness (QED) is 0.922. The molecule has 3 atom stereocenters. The van der Waals surface area contributed by atoms with E-state index in [9.17, 15) is 13.2 Å². The molecule has 1 saturated carbocycles. The second kappa shape index (κ2) is 5.79. The van der Waals surface area contributed by atoms with E-state index in [1.165, 1.54) is 11.3 Å². The molecular weight excluding hydrogens is 273 g/mol. The first kappa shape index (κ1) is 14.8. The lowest BCUT2D eigenvalue weighted by molar-refractivity contribution is -0.198. The maximum atomic E-state index is 13.0. The highest BCUT2D eigenvalue weighted by atomic mass is 32.1. The van der Waals surface area contributed by atoms with E-state index < -0.39 is 24.1 Å². The Hall–Kier alpha value is -0.620. The van der Waals surface area contributed by atoms with E-state index in [0.29, 0.717) is 19.3 Å². The zero-order valence-electron chi connectivity index (χ0n) is 10.9. The van der Waals surface area contributed by atoms with Crippen LogP contribution in [-0.2, 0) is 6.42 Å². The van der Waals surface area contributed by atoms with E-state index in [0.717, 1.165) is 17.1 Å². The number of aryl methyl sites for hydroxylation is 1. The van der Waals surface area contributed by atoms with Crippen molar-refractivity contribution in [3.63, 3.8) is 0 Å². The first-order valence-electron chi connectivity index (χ1n) is 6.61. The molecule has 0 aromatic carbocycles. The molecule has 6 heteroatoms. The van der Waals surface area contributed by atoms with Crippen molar-refractivity contribution < 1.29 is 13.2 Å². The monoisotopic (exact) mass is 292 g/mol. The minimum atomic E-state index is -4.12. The van der Waals surface area contributed by atoms with Gasteiger partial charge in [-0.25, -0.2) is 4.98 Å². The van der Waals surface area contributed by atoms with Gasteiger partial charge in [0.1, 0.15) is 0 Å². The minimum absolute atomic E-state index is 0.221. The normalized spacial score (nSPS) is 26.4. The number of aromatic nitrogens is 1. The van der Waals surface area contributed by atoms with Gasteiger partial charge in [0.2, 0.25) is 0 Å². The van der Waals surface area contributed by atoms with Gasteiger partial charge in [-0.3, -0.25) is 0 Å². The number of rotatable bonds is 3. The Morgan fingerprint density at radius 2 is 2.11 bits per heavy atom. The molecule has 1 aromatic heterocycles. The van der Waals surface area contributed by atoms with Crippen LogP contribution in [0.3, 0.4) is 0 Å². The van der Waals surface area contributed by atoms with Crippen LogP contribution in [0.5, 0.6) is 0 Å². The van der Waals surface area contributed by atoms with E-state index in [2.05, 4.69) is 4.98 Å². The number of halogens is 3. The Morgan fingerprint density at radius 1 is 1.42 bits per heavy atom. The number of alkyl halides is 3. The van der Waals surface area contributed by atoms with Gasteiger partial charge in [0.15, 0.2) is 0 Å². The molecule has 0 amide bonds. The zero-order valence-corrected chi connectivity index (χ0v) is 11.7. The Bertz CT molecular complexity index is 416. The molecule has 0 radical (unpaired) electrons. The average Bonchev–Trinajstić information content (AvgIpc) is 2.73. The van der Waals surface area contributed by atoms with Crippen LogP contribution >= 0.6 is 11.3 Å². The summed E-state index contributed by atoms with van der Waals surface area (Å²) in [6.45, 7) is 1.88. The van der Waals surface area contributed by atoms with Crippen LogP contribution in [0.25, 0.3) is 0 Å². The maximum Gasteiger partial charge on any atom is 0.392 e. The van der Waals surface area contributed by atoms with Crippen molar-refractivity contribution in [3.05, 3.63) is 16.1 Å². The van der Waals surface area contributed by atoms with E-state index in [1.807, 2.05) is 12.3 Å².